The Labute approximate surface area is 95.6 Å². The maximum Gasteiger partial charge on any atom is 0.403 e. The molecule has 0 saturated heterocycles. The number of aromatic amines is 1. The number of imidazole rings is 1. The summed E-state index contributed by atoms with van der Waals surface area (Å²) in [6.45, 7) is 0. The number of rotatable bonds is 1. The van der Waals surface area contributed by atoms with Crippen LogP contribution in [0.5, 0.6) is 5.88 Å². The van der Waals surface area contributed by atoms with Gasteiger partial charge in [-0.2, -0.15) is 4.98 Å². The monoisotopic (exact) mass is 228 g/mol. The number of nitrogens with two attached hydrogens (primary N) is 1. The zero-order valence-electron chi connectivity index (χ0n) is 8.66. The first-order valence-electron chi connectivity index (χ1n) is 4.91. The van der Waals surface area contributed by atoms with Crippen LogP contribution < -0.4 is 15.4 Å². The Bertz CT molecular complexity index is 678. The van der Waals surface area contributed by atoms with E-state index in [2.05, 4.69) is 19.9 Å². The zero-order chi connectivity index (χ0) is 11.8. The minimum atomic E-state index is -0.456. The Morgan fingerprint density at radius 1 is 1.12 bits per heavy atom. The van der Waals surface area contributed by atoms with Gasteiger partial charge in [0.05, 0.1) is 12.4 Å². The third-order valence-corrected chi connectivity index (χ3v) is 2.28. The summed E-state index contributed by atoms with van der Waals surface area (Å²) in [4.78, 5) is 14.5. The van der Waals surface area contributed by atoms with Gasteiger partial charge in [0.15, 0.2) is 5.52 Å². The van der Waals surface area contributed by atoms with Gasteiger partial charge in [-0.05, 0) is 17.1 Å². The molecule has 84 valence electrons. The average Bonchev–Trinajstić information content (AvgIpc) is 2.74. The molecule has 7 nitrogen and oxygen atoms in total. The van der Waals surface area contributed by atoms with Gasteiger partial charge in [0.1, 0.15) is 0 Å². The van der Waals surface area contributed by atoms with Gasteiger partial charge in [-0.25, -0.2) is 14.5 Å². The van der Waals surface area contributed by atoms with Crippen molar-refractivity contribution in [2.75, 3.05) is 5.73 Å². The van der Waals surface area contributed by atoms with Gasteiger partial charge < -0.3 is 10.8 Å². The van der Waals surface area contributed by atoms with Crippen LogP contribution >= 0.6 is 0 Å². The van der Waals surface area contributed by atoms with Crippen LogP contribution in [0.4, 0.5) is 5.95 Å². The maximum absolute atomic E-state index is 11.5. The molecule has 17 heavy (non-hydrogen) atoms. The third-order valence-electron chi connectivity index (χ3n) is 2.28. The number of pyridine rings is 1. The van der Waals surface area contributed by atoms with E-state index >= 15 is 0 Å². The summed E-state index contributed by atoms with van der Waals surface area (Å²) in [5.41, 5.74) is 5.92. The molecule has 0 saturated carbocycles. The highest BCUT2D eigenvalue weighted by Gasteiger charge is 2.15. The number of nitrogens with zero attached hydrogens (tertiary/aromatic N) is 4. The topological polar surface area (TPSA) is 107 Å². The third kappa shape index (κ3) is 1.53. The highest BCUT2D eigenvalue weighted by atomic mass is 16.3. The van der Waals surface area contributed by atoms with Crippen LogP contribution in [0.2, 0.25) is 0 Å². The molecule has 3 aromatic rings. The van der Waals surface area contributed by atoms with Gasteiger partial charge in [-0.15, -0.1) is 0 Å². The average molecular weight is 228 g/mol. The molecule has 0 amide bonds. The molecule has 0 aliphatic rings. The number of nitrogen functional groups attached to an aromatic ring is 1. The standard InChI is InChI=1S/C10H8N6O/c11-9-13-7-6(8(17)15-9)12-10(14-7)16-4-2-1-3-5-16/h1-5H,(H3-,11,12,13,14,15,17). The molecule has 0 spiro atoms. The lowest BCUT2D eigenvalue weighted by molar-refractivity contribution is -0.603. The van der Waals surface area contributed by atoms with E-state index in [0.717, 1.165) is 0 Å². The lowest BCUT2D eigenvalue weighted by Crippen LogP contribution is -2.30. The maximum atomic E-state index is 11.5. The molecule has 0 aliphatic heterocycles. The van der Waals surface area contributed by atoms with Crippen LogP contribution in [0, 0.1) is 0 Å². The van der Waals surface area contributed by atoms with Crippen LogP contribution in [0.3, 0.4) is 0 Å². The highest BCUT2D eigenvalue weighted by Crippen LogP contribution is 2.16. The highest BCUT2D eigenvalue weighted by molar-refractivity contribution is 5.77. The number of anilines is 1. The van der Waals surface area contributed by atoms with Gasteiger partial charge in [0.25, 0.3) is 5.65 Å². The van der Waals surface area contributed by atoms with Crippen molar-refractivity contribution in [3.63, 3.8) is 0 Å². The summed E-state index contributed by atoms with van der Waals surface area (Å²) in [6.07, 6.45) is 3.61. The minimum absolute atomic E-state index is 0.0707. The fourth-order valence-electron chi connectivity index (χ4n) is 1.54. The number of H-pyrrole nitrogens is 1. The number of fused-ring (bicyclic) bond motifs is 1. The fraction of sp³-hybridized carbons (Fsp3) is 0. The van der Waals surface area contributed by atoms with E-state index in [1.807, 2.05) is 18.2 Å². The second-order valence-electron chi connectivity index (χ2n) is 3.43. The molecule has 0 bridgehead atoms. The second-order valence-corrected chi connectivity index (χ2v) is 3.43. The van der Waals surface area contributed by atoms with Crippen LogP contribution in [0.15, 0.2) is 30.6 Å². The fourth-order valence-corrected chi connectivity index (χ4v) is 1.54. The molecule has 0 aromatic carbocycles. The SMILES string of the molecule is Nc1nc([O-])c2[nH]c(-[n+]3ccccc3)nc2n1. The molecule has 3 N–H and O–H groups in total. The van der Waals surface area contributed by atoms with Crippen molar-refractivity contribution < 1.29 is 9.67 Å². The zero-order valence-corrected chi connectivity index (χ0v) is 8.66. The van der Waals surface area contributed by atoms with Crippen molar-refractivity contribution in [3.8, 4) is 11.8 Å². The summed E-state index contributed by atoms with van der Waals surface area (Å²) in [6, 6.07) is 5.59. The Morgan fingerprint density at radius 2 is 1.88 bits per heavy atom. The lowest BCUT2D eigenvalue weighted by Gasteiger charge is -2.01. The van der Waals surface area contributed by atoms with Crippen molar-refractivity contribution in [2.45, 2.75) is 0 Å². The quantitative estimate of drug-likeness (QED) is 0.535. The Kier molecular flexibility index (Phi) is 1.91. The second kappa shape index (κ2) is 3.41. The van der Waals surface area contributed by atoms with Gasteiger partial charge in [-0.3, -0.25) is 0 Å². The predicted octanol–water partition coefficient (Wildman–Crippen LogP) is -0.715. The van der Waals surface area contributed by atoms with E-state index in [1.165, 1.54) is 0 Å². The molecule has 7 heteroatoms. The summed E-state index contributed by atoms with van der Waals surface area (Å²) < 4.78 is 1.73. The van der Waals surface area contributed by atoms with Gasteiger partial charge in [0, 0.05) is 5.88 Å². The molecule has 0 fully saturated rings. The van der Waals surface area contributed by atoms with E-state index < -0.39 is 5.88 Å². The van der Waals surface area contributed by atoms with Crippen molar-refractivity contribution in [2.24, 2.45) is 0 Å². The van der Waals surface area contributed by atoms with Gasteiger partial charge >= 0.3 is 5.95 Å². The van der Waals surface area contributed by atoms with Crippen molar-refractivity contribution in [1.29, 1.82) is 0 Å². The first-order valence-corrected chi connectivity index (χ1v) is 4.91. The van der Waals surface area contributed by atoms with Crippen LogP contribution in [0.25, 0.3) is 17.1 Å². The van der Waals surface area contributed by atoms with Crippen LogP contribution in [0.1, 0.15) is 0 Å². The number of hydrogen-bond donors (Lipinski definition) is 2. The molecule has 3 rings (SSSR count). The molecule has 3 aromatic heterocycles. The number of hydrogen-bond acceptors (Lipinski definition) is 5. The Hall–Kier alpha value is -2.70. The normalized spacial score (nSPS) is 10.8. The van der Waals surface area contributed by atoms with E-state index in [1.54, 1.807) is 17.0 Å². The number of aromatic nitrogens is 5. The molecule has 0 atom stereocenters. The van der Waals surface area contributed by atoms with Gasteiger partial charge in [-0.1, -0.05) is 6.07 Å². The smallest absolute Gasteiger partial charge is 0.403 e. The summed E-state index contributed by atoms with van der Waals surface area (Å²) in [5, 5.41) is 11.5. The Balaban J connectivity index is 2.24. The molecule has 0 radical (unpaired) electrons. The van der Waals surface area contributed by atoms with Crippen LogP contribution in [-0.4, -0.2) is 19.9 Å². The molecule has 0 unspecified atom stereocenters. The molecule has 0 aliphatic carbocycles. The summed E-state index contributed by atoms with van der Waals surface area (Å²) >= 11 is 0. The van der Waals surface area contributed by atoms with E-state index in [9.17, 15) is 5.11 Å². The Morgan fingerprint density at radius 3 is 2.65 bits per heavy atom. The first-order chi connectivity index (χ1) is 8.24. The van der Waals surface area contributed by atoms with Crippen LogP contribution in [-0.2, 0) is 0 Å². The molecular formula is C10H8N6O. The van der Waals surface area contributed by atoms with Crippen molar-refractivity contribution >= 4 is 17.1 Å². The van der Waals surface area contributed by atoms with E-state index in [4.69, 9.17) is 5.73 Å². The van der Waals surface area contributed by atoms with E-state index in [-0.39, 0.29) is 17.1 Å². The first kappa shape index (κ1) is 9.52. The van der Waals surface area contributed by atoms with Crippen molar-refractivity contribution in [3.05, 3.63) is 30.6 Å². The molecule has 3 heterocycles. The minimum Gasteiger partial charge on any atom is -0.856 e. The largest absolute Gasteiger partial charge is 0.856 e. The summed E-state index contributed by atoms with van der Waals surface area (Å²) in [5.74, 6) is -0.0287. The summed E-state index contributed by atoms with van der Waals surface area (Å²) in [7, 11) is 0. The lowest BCUT2D eigenvalue weighted by atomic mass is 10.5. The predicted molar refractivity (Wildman–Crippen MR) is 57.1 cm³/mol. The molecular weight excluding hydrogens is 220 g/mol. The van der Waals surface area contributed by atoms with Gasteiger partial charge in [0.2, 0.25) is 5.95 Å². The number of nitrogens with one attached hydrogen (secondary N) is 1. The van der Waals surface area contributed by atoms with E-state index in [0.29, 0.717) is 5.95 Å². The van der Waals surface area contributed by atoms with Crippen molar-refractivity contribution in [1.82, 2.24) is 19.9 Å².